The lowest BCUT2D eigenvalue weighted by atomic mass is 10.2. The topological polar surface area (TPSA) is 55.5 Å². The van der Waals surface area contributed by atoms with Gasteiger partial charge >= 0.3 is 5.76 Å². The molecular weight excluding hydrogens is 268 g/mol. The number of hydrogen-bond donors (Lipinski definition) is 0. The molecule has 0 unspecified atom stereocenters. The fourth-order valence-electron chi connectivity index (χ4n) is 3.02. The van der Waals surface area contributed by atoms with E-state index in [1.165, 1.54) is 17.4 Å². The van der Waals surface area contributed by atoms with Gasteiger partial charge in [0, 0.05) is 13.1 Å². The normalized spacial score (nSPS) is 17.7. The van der Waals surface area contributed by atoms with Gasteiger partial charge in [0.15, 0.2) is 5.58 Å². The number of carbonyl (C=O) groups is 1. The fourth-order valence-corrected chi connectivity index (χ4v) is 3.02. The summed E-state index contributed by atoms with van der Waals surface area (Å²) < 4.78 is 6.68. The van der Waals surface area contributed by atoms with Gasteiger partial charge in [0.2, 0.25) is 5.91 Å². The average molecular weight is 288 g/mol. The van der Waals surface area contributed by atoms with Crippen LogP contribution in [0.1, 0.15) is 38.6 Å². The van der Waals surface area contributed by atoms with Crippen molar-refractivity contribution in [1.29, 1.82) is 0 Å². The van der Waals surface area contributed by atoms with Gasteiger partial charge in [-0.15, -0.1) is 0 Å². The zero-order valence-electron chi connectivity index (χ0n) is 12.2. The molecule has 1 atom stereocenters. The molecule has 5 heteroatoms. The Labute approximate surface area is 123 Å². The summed E-state index contributed by atoms with van der Waals surface area (Å²) in [4.78, 5) is 26.6. The van der Waals surface area contributed by atoms with Crippen LogP contribution in [0.15, 0.2) is 33.5 Å². The monoisotopic (exact) mass is 288 g/mol. The van der Waals surface area contributed by atoms with E-state index in [0.717, 1.165) is 25.9 Å². The number of nitrogens with zero attached hydrogens (tertiary/aromatic N) is 2. The second kappa shape index (κ2) is 5.76. The predicted octanol–water partition coefficient (Wildman–Crippen LogP) is 2.56. The maximum atomic E-state index is 12.7. The van der Waals surface area contributed by atoms with Gasteiger partial charge in [0.25, 0.3) is 0 Å². The number of benzene rings is 1. The van der Waals surface area contributed by atoms with Crippen molar-refractivity contribution >= 4 is 17.0 Å². The molecule has 0 N–H and O–H groups in total. The zero-order chi connectivity index (χ0) is 14.8. The van der Waals surface area contributed by atoms with Crippen LogP contribution in [0.5, 0.6) is 0 Å². The third-order valence-corrected chi connectivity index (χ3v) is 4.18. The highest BCUT2D eigenvalue weighted by Gasteiger charge is 2.26. The van der Waals surface area contributed by atoms with Gasteiger partial charge in [-0.3, -0.25) is 9.36 Å². The van der Waals surface area contributed by atoms with Crippen molar-refractivity contribution in [2.24, 2.45) is 0 Å². The summed E-state index contributed by atoms with van der Waals surface area (Å²) in [5.41, 5.74) is 1.20. The van der Waals surface area contributed by atoms with Gasteiger partial charge in [-0.05, 0) is 31.9 Å². The quantitative estimate of drug-likeness (QED) is 0.853. The first-order valence-electron chi connectivity index (χ1n) is 7.57. The van der Waals surface area contributed by atoms with Crippen molar-refractivity contribution in [2.75, 3.05) is 13.1 Å². The third-order valence-electron chi connectivity index (χ3n) is 4.18. The van der Waals surface area contributed by atoms with Crippen LogP contribution in [0.25, 0.3) is 11.1 Å². The molecule has 1 saturated heterocycles. The standard InChI is InChI=1S/C16H20N2O3/c1-12(15(19)17-10-6-2-3-7-11-17)18-13-8-4-5-9-14(13)21-16(18)20/h4-5,8-9,12H,2-3,6-7,10-11H2,1H3/t12-/m0/s1. The van der Waals surface area contributed by atoms with Crippen LogP contribution in [0.3, 0.4) is 0 Å². The number of aromatic nitrogens is 1. The van der Waals surface area contributed by atoms with Crippen molar-refractivity contribution in [3.63, 3.8) is 0 Å². The minimum absolute atomic E-state index is 0.00514. The number of carbonyl (C=O) groups excluding carboxylic acids is 1. The molecule has 0 radical (unpaired) electrons. The molecule has 2 heterocycles. The number of oxazole rings is 1. The lowest BCUT2D eigenvalue weighted by molar-refractivity contribution is -0.134. The third kappa shape index (κ3) is 2.60. The Kier molecular flexibility index (Phi) is 3.82. The van der Waals surface area contributed by atoms with Crippen LogP contribution in [0.2, 0.25) is 0 Å². The maximum Gasteiger partial charge on any atom is 0.420 e. The minimum atomic E-state index is -0.528. The number of fused-ring (bicyclic) bond motifs is 1. The van der Waals surface area contributed by atoms with E-state index in [1.54, 1.807) is 13.0 Å². The molecule has 0 saturated carbocycles. The van der Waals surface area contributed by atoms with Gasteiger partial charge in [0.05, 0.1) is 5.52 Å². The molecule has 112 valence electrons. The highest BCUT2D eigenvalue weighted by atomic mass is 16.4. The highest BCUT2D eigenvalue weighted by molar-refractivity contribution is 5.83. The second-order valence-corrected chi connectivity index (χ2v) is 5.62. The summed E-state index contributed by atoms with van der Waals surface area (Å²) in [5, 5.41) is 0. The largest absolute Gasteiger partial charge is 0.420 e. The Balaban J connectivity index is 1.92. The SMILES string of the molecule is C[C@@H](C(=O)N1CCCCCC1)n1c(=O)oc2ccccc21. The molecule has 0 aliphatic carbocycles. The van der Waals surface area contributed by atoms with Gasteiger partial charge in [0.1, 0.15) is 6.04 Å². The maximum absolute atomic E-state index is 12.7. The van der Waals surface area contributed by atoms with E-state index in [4.69, 9.17) is 4.42 Å². The van der Waals surface area contributed by atoms with Crippen LogP contribution >= 0.6 is 0 Å². The van der Waals surface area contributed by atoms with E-state index in [9.17, 15) is 9.59 Å². The van der Waals surface area contributed by atoms with E-state index >= 15 is 0 Å². The van der Waals surface area contributed by atoms with Gasteiger partial charge in [-0.25, -0.2) is 4.79 Å². The summed E-state index contributed by atoms with van der Waals surface area (Å²) in [6.07, 6.45) is 4.43. The van der Waals surface area contributed by atoms with E-state index in [-0.39, 0.29) is 5.91 Å². The molecule has 2 aromatic rings. The average Bonchev–Trinajstić information content (AvgIpc) is 2.67. The molecule has 1 aliphatic heterocycles. The van der Waals surface area contributed by atoms with Crippen molar-refractivity contribution in [3.05, 3.63) is 34.8 Å². The fraction of sp³-hybridized carbons (Fsp3) is 0.500. The van der Waals surface area contributed by atoms with E-state index in [0.29, 0.717) is 11.1 Å². The Morgan fingerprint density at radius 3 is 2.52 bits per heavy atom. The molecule has 0 bridgehead atoms. The molecular formula is C16H20N2O3. The van der Waals surface area contributed by atoms with Gasteiger partial charge in [-0.2, -0.15) is 0 Å². The van der Waals surface area contributed by atoms with Crippen molar-refractivity contribution in [2.45, 2.75) is 38.6 Å². The van der Waals surface area contributed by atoms with E-state index in [2.05, 4.69) is 0 Å². The molecule has 1 aromatic carbocycles. The number of likely N-dealkylation sites (tertiary alicyclic amines) is 1. The summed E-state index contributed by atoms with van der Waals surface area (Å²) in [6, 6.07) is 6.69. The van der Waals surface area contributed by atoms with Crippen LogP contribution in [-0.2, 0) is 4.79 Å². The first kappa shape index (κ1) is 13.9. The Morgan fingerprint density at radius 1 is 1.14 bits per heavy atom. The van der Waals surface area contributed by atoms with Gasteiger partial charge < -0.3 is 9.32 Å². The summed E-state index contributed by atoms with van der Waals surface area (Å²) in [5.74, 6) is -0.461. The van der Waals surface area contributed by atoms with E-state index in [1.807, 2.05) is 23.1 Å². The second-order valence-electron chi connectivity index (χ2n) is 5.62. The zero-order valence-corrected chi connectivity index (χ0v) is 12.2. The van der Waals surface area contributed by atoms with Crippen LogP contribution in [0.4, 0.5) is 0 Å². The predicted molar refractivity (Wildman–Crippen MR) is 80.2 cm³/mol. The lowest BCUT2D eigenvalue weighted by Gasteiger charge is -2.24. The minimum Gasteiger partial charge on any atom is -0.408 e. The summed E-state index contributed by atoms with van der Waals surface area (Å²) in [7, 11) is 0. The molecule has 1 aromatic heterocycles. The summed E-state index contributed by atoms with van der Waals surface area (Å²) in [6.45, 7) is 3.35. The Bertz CT molecular complexity index is 693. The van der Waals surface area contributed by atoms with Crippen molar-refractivity contribution < 1.29 is 9.21 Å². The first-order chi connectivity index (χ1) is 10.2. The lowest BCUT2D eigenvalue weighted by Crippen LogP contribution is -2.38. The van der Waals surface area contributed by atoms with Gasteiger partial charge in [-0.1, -0.05) is 25.0 Å². The number of amides is 1. The van der Waals surface area contributed by atoms with Crippen LogP contribution in [0, 0.1) is 0 Å². The Morgan fingerprint density at radius 2 is 1.81 bits per heavy atom. The number of para-hydroxylation sites is 2. The summed E-state index contributed by atoms with van der Waals surface area (Å²) >= 11 is 0. The van der Waals surface area contributed by atoms with Crippen molar-refractivity contribution in [1.82, 2.24) is 9.47 Å². The molecule has 0 spiro atoms. The number of hydrogen-bond acceptors (Lipinski definition) is 3. The molecule has 1 fully saturated rings. The van der Waals surface area contributed by atoms with E-state index < -0.39 is 11.8 Å². The molecule has 3 rings (SSSR count). The van der Waals surface area contributed by atoms with Crippen molar-refractivity contribution in [3.8, 4) is 0 Å². The molecule has 5 nitrogen and oxygen atoms in total. The Hall–Kier alpha value is -2.04. The molecule has 1 amide bonds. The molecule has 1 aliphatic rings. The first-order valence-corrected chi connectivity index (χ1v) is 7.57. The molecule has 21 heavy (non-hydrogen) atoms. The van der Waals surface area contributed by atoms with Crippen LogP contribution < -0.4 is 5.76 Å². The van der Waals surface area contributed by atoms with Crippen LogP contribution in [-0.4, -0.2) is 28.5 Å². The number of rotatable bonds is 2. The smallest absolute Gasteiger partial charge is 0.408 e. The highest BCUT2D eigenvalue weighted by Crippen LogP contribution is 2.20.